The molecule has 0 spiro atoms. The molecule has 0 fully saturated rings. The van der Waals surface area contributed by atoms with Crippen LogP contribution in [0.25, 0.3) is 0 Å². The van der Waals surface area contributed by atoms with Crippen LogP contribution in [0.5, 0.6) is 28.7 Å². The molecule has 3 aromatic carbocycles. The van der Waals surface area contributed by atoms with Crippen molar-refractivity contribution in [1.82, 2.24) is 5.32 Å². The highest BCUT2D eigenvalue weighted by Gasteiger charge is 2.17. The molecular weight excluding hydrogens is 488 g/mol. The van der Waals surface area contributed by atoms with Crippen LogP contribution in [0.4, 0.5) is 5.69 Å². The Balaban J connectivity index is 1.40. The number of anilines is 1. The number of phenols is 1. The summed E-state index contributed by atoms with van der Waals surface area (Å²) in [4.78, 5) is 23.5. The van der Waals surface area contributed by atoms with Gasteiger partial charge in [0, 0.05) is 24.3 Å². The summed E-state index contributed by atoms with van der Waals surface area (Å²) in [7, 11) is 0. The molecule has 10 heteroatoms. The van der Waals surface area contributed by atoms with Crippen molar-refractivity contribution in [2.75, 3.05) is 18.7 Å². The van der Waals surface area contributed by atoms with E-state index in [-0.39, 0.29) is 24.2 Å². The second-order valence-corrected chi connectivity index (χ2v) is 8.37. The Morgan fingerprint density at radius 2 is 1.86 bits per heavy atom. The topological polar surface area (TPSA) is 115 Å². The van der Waals surface area contributed by atoms with Crippen LogP contribution in [0.15, 0.2) is 48.5 Å². The first-order chi connectivity index (χ1) is 17.3. The van der Waals surface area contributed by atoms with E-state index in [9.17, 15) is 14.7 Å². The van der Waals surface area contributed by atoms with Gasteiger partial charge in [-0.2, -0.15) is 0 Å². The number of ether oxygens (including phenoxy) is 4. The predicted molar refractivity (Wildman–Crippen MR) is 133 cm³/mol. The maximum absolute atomic E-state index is 11.9. The second kappa shape index (κ2) is 11.2. The molecule has 1 aliphatic rings. The molecule has 0 unspecified atom stereocenters. The standard InChI is InChI=1S/C26H25ClN2O7/c1-3-33-26(32)25(31)29-18-8-15(2)24(20(27)11-18)36-19-5-6-21(30)17(10-19)13-28-12-16-4-7-22-23(9-16)35-14-34-22/h4-11,28,30H,3,12-14H2,1-2H3,(H,29,31). The molecule has 0 aromatic heterocycles. The number of hydrogen-bond acceptors (Lipinski definition) is 8. The van der Waals surface area contributed by atoms with Crippen LogP contribution in [0.1, 0.15) is 23.6 Å². The third-order valence-electron chi connectivity index (χ3n) is 5.30. The molecular formula is C26H25ClN2O7. The number of phenolic OH excluding ortho intramolecular Hbond substituents is 1. The van der Waals surface area contributed by atoms with Gasteiger partial charge in [0.2, 0.25) is 6.79 Å². The number of fused-ring (bicyclic) bond motifs is 1. The van der Waals surface area contributed by atoms with Crippen LogP contribution < -0.4 is 24.8 Å². The van der Waals surface area contributed by atoms with Gasteiger partial charge in [-0.3, -0.25) is 4.79 Å². The molecule has 9 nitrogen and oxygen atoms in total. The zero-order valence-electron chi connectivity index (χ0n) is 19.7. The van der Waals surface area contributed by atoms with Crippen molar-refractivity contribution in [2.45, 2.75) is 26.9 Å². The number of nitrogens with one attached hydrogen (secondary N) is 2. The fraction of sp³-hybridized carbons (Fsp3) is 0.231. The summed E-state index contributed by atoms with van der Waals surface area (Å²) in [5.74, 6) is 0.556. The van der Waals surface area contributed by atoms with Gasteiger partial charge in [0.15, 0.2) is 11.5 Å². The first kappa shape index (κ1) is 25.2. The molecule has 36 heavy (non-hydrogen) atoms. The molecule has 0 saturated carbocycles. The summed E-state index contributed by atoms with van der Waals surface area (Å²) < 4.78 is 21.4. The number of rotatable bonds is 8. The van der Waals surface area contributed by atoms with E-state index < -0.39 is 11.9 Å². The fourth-order valence-electron chi connectivity index (χ4n) is 3.59. The maximum atomic E-state index is 11.9. The number of halogens is 1. The number of carbonyl (C=O) groups excluding carboxylic acids is 2. The summed E-state index contributed by atoms with van der Waals surface area (Å²) >= 11 is 6.40. The van der Waals surface area contributed by atoms with Crippen molar-refractivity contribution in [1.29, 1.82) is 0 Å². The van der Waals surface area contributed by atoms with Gasteiger partial charge in [-0.15, -0.1) is 0 Å². The minimum absolute atomic E-state index is 0.0986. The van der Waals surface area contributed by atoms with Crippen LogP contribution in [0.3, 0.4) is 0 Å². The number of esters is 1. The van der Waals surface area contributed by atoms with Crippen molar-refractivity contribution in [3.63, 3.8) is 0 Å². The van der Waals surface area contributed by atoms with Gasteiger partial charge >= 0.3 is 11.9 Å². The molecule has 4 rings (SSSR count). The first-order valence-electron chi connectivity index (χ1n) is 11.2. The molecule has 1 aliphatic heterocycles. The SMILES string of the molecule is CCOC(=O)C(=O)Nc1cc(C)c(Oc2ccc(O)c(CNCc3ccc4c(c3)OCO4)c2)c(Cl)c1. The molecule has 1 heterocycles. The Hall–Kier alpha value is -3.95. The Morgan fingerprint density at radius 3 is 2.64 bits per heavy atom. The lowest BCUT2D eigenvalue weighted by atomic mass is 10.1. The molecule has 3 aromatic rings. The van der Waals surface area contributed by atoms with Gasteiger partial charge in [-0.25, -0.2) is 4.79 Å². The average Bonchev–Trinajstić information content (AvgIpc) is 3.31. The highest BCUT2D eigenvalue weighted by atomic mass is 35.5. The number of amides is 1. The quantitative estimate of drug-likeness (QED) is 0.295. The maximum Gasteiger partial charge on any atom is 0.397 e. The normalized spacial score (nSPS) is 11.8. The van der Waals surface area contributed by atoms with Crippen molar-refractivity contribution in [2.24, 2.45) is 0 Å². The summed E-state index contributed by atoms with van der Waals surface area (Å²) in [5.41, 5.74) is 2.63. The van der Waals surface area contributed by atoms with Crippen molar-refractivity contribution >= 4 is 29.2 Å². The third kappa shape index (κ3) is 5.99. The smallest absolute Gasteiger partial charge is 0.397 e. The minimum atomic E-state index is -0.977. The van der Waals surface area contributed by atoms with Gasteiger partial charge in [0.25, 0.3) is 0 Å². The molecule has 0 atom stereocenters. The van der Waals surface area contributed by atoms with E-state index in [1.54, 1.807) is 38.1 Å². The number of hydrogen-bond donors (Lipinski definition) is 3. The Morgan fingerprint density at radius 1 is 1.06 bits per heavy atom. The predicted octanol–water partition coefficient (Wildman–Crippen LogP) is 4.67. The van der Waals surface area contributed by atoms with Crippen LogP contribution in [-0.4, -0.2) is 30.4 Å². The fourth-order valence-corrected chi connectivity index (χ4v) is 3.89. The monoisotopic (exact) mass is 512 g/mol. The van der Waals surface area contributed by atoms with E-state index in [1.165, 1.54) is 6.07 Å². The lowest BCUT2D eigenvalue weighted by Crippen LogP contribution is -2.25. The highest BCUT2D eigenvalue weighted by Crippen LogP contribution is 2.37. The molecule has 0 bridgehead atoms. The molecule has 188 valence electrons. The van der Waals surface area contributed by atoms with Crippen LogP contribution >= 0.6 is 11.6 Å². The second-order valence-electron chi connectivity index (χ2n) is 7.96. The van der Waals surface area contributed by atoms with Gasteiger partial charge in [-0.1, -0.05) is 17.7 Å². The molecule has 0 saturated heterocycles. The zero-order chi connectivity index (χ0) is 25.7. The Kier molecular flexibility index (Phi) is 7.82. The van der Waals surface area contributed by atoms with Gasteiger partial charge in [0.1, 0.15) is 17.2 Å². The van der Waals surface area contributed by atoms with Gasteiger partial charge in [-0.05, 0) is 67.4 Å². The van der Waals surface area contributed by atoms with Crippen molar-refractivity contribution < 1.29 is 33.6 Å². The lowest BCUT2D eigenvalue weighted by Gasteiger charge is -2.15. The van der Waals surface area contributed by atoms with Crippen LogP contribution in [-0.2, 0) is 27.4 Å². The number of aromatic hydroxyl groups is 1. The number of carbonyl (C=O) groups is 2. The summed E-state index contributed by atoms with van der Waals surface area (Å²) in [6, 6.07) is 13.7. The van der Waals surface area contributed by atoms with Crippen LogP contribution in [0, 0.1) is 6.92 Å². The van der Waals surface area contributed by atoms with Crippen molar-refractivity contribution in [3.05, 3.63) is 70.2 Å². The minimum Gasteiger partial charge on any atom is -0.508 e. The summed E-state index contributed by atoms with van der Waals surface area (Å²) in [6.45, 7) is 4.65. The summed E-state index contributed by atoms with van der Waals surface area (Å²) in [5, 5.41) is 16.3. The van der Waals surface area contributed by atoms with E-state index in [1.807, 2.05) is 18.2 Å². The van der Waals surface area contributed by atoms with Gasteiger partial charge < -0.3 is 34.7 Å². The lowest BCUT2D eigenvalue weighted by molar-refractivity contribution is -0.152. The van der Waals surface area contributed by atoms with E-state index in [0.29, 0.717) is 47.2 Å². The number of benzene rings is 3. The van der Waals surface area contributed by atoms with E-state index in [4.69, 9.17) is 25.8 Å². The Bertz CT molecular complexity index is 1270. The van der Waals surface area contributed by atoms with Gasteiger partial charge in [0.05, 0.1) is 11.6 Å². The van der Waals surface area contributed by atoms with E-state index in [2.05, 4.69) is 15.4 Å². The number of aryl methyl sites for hydroxylation is 1. The van der Waals surface area contributed by atoms with Crippen LogP contribution in [0.2, 0.25) is 5.02 Å². The van der Waals surface area contributed by atoms with Crippen molar-refractivity contribution in [3.8, 4) is 28.7 Å². The highest BCUT2D eigenvalue weighted by molar-refractivity contribution is 6.37. The van der Waals surface area contributed by atoms with E-state index >= 15 is 0 Å². The molecule has 3 N–H and O–H groups in total. The molecule has 1 amide bonds. The zero-order valence-corrected chi connectivity index (χ0v) is 20.5. The average molecular weight is 513 g/mol. The first-order valence-corrected chi connectivity index (χ1v) is 11.6. The molecule has 0 radical (unpaired) electrons. The Labute approximate surface area is 212 Å². The molecule has 0 aliphatic carbocycles. The third-order valence-corrected chi connectivity index (χ3v) is 5.58. The largest absolute Gasteiger partial charge is 0.508 e. The van der Waals surface area contributed by atoms with E-state index in [0.717, 1.165) is 11.3 Å². The summed E-state index contributed by atoms with van der Waals surface area (Å²) in [6.07, 6.45) is 0.